The fraction of sp³-hybridized carbons (Fsp3) is 0.400. The van der Waals surface area contributed by atoms with Crippen molar-refractivity contribution in [3.63, 3.8) is 0 Å². The zero-order valence-corrected chi connectivity index (χ0v) is 15.1. The molecule has 12 heteroatoms. The first-order valence-electron chi connectivity index (χ1n) is 7.58. The van der Waals surface area contributed by atoms with E-state index in [4.69, 9.17) is 5.26 Å². The number of hydrogen-bond donors (Lipinski definition) is 0. The first kappa shape index (κ1) is 19.5. The van der Waals surface area contributed by atoms with Gasteiger partial charge in [0.05, 0.1) is 23.6 Å². The van der Waals surface area contributed by atoms with Crippen molar-refractivity contribution in [2.24, 2.45) is 4.99 Å². The summed E-state index contributed by atoms with van der Waals surface area (Å²) in [5.41, 5.74) is 0.380. The van der Waals surface area contributed by atoms with E-state index in [9.17, 15) is 26.4 Å². The third-order valence-corrected chi connectivity index (χ3v) is 7.08. The maximum Gasteiger partial charge on any atom is 0.573 e. The largest absolute Gasteiger partial charge is 0.573 e. The molecule has 0 bridgehead atoms. The van der Waals surface area contributed by atoms with Gasteiger partial charge in [0.2, 0.25) is 0 Å². The van der Waals surface area contributed by atoms with E-state index in [1.807, 2.05) is 0 Å². The van der Waals surface area contributed by atoms with Crippen LogP contribution in [0.2, 0.25) is 0 Å². The SMILES string of the molecule is N#CCC(=O)N=C1S[C@@H]2CS(=O)(=O)C[C@@H]2N1c1ccc(OC(F)(F)F)cc1. The molecule has 7 nitrogen and oxygen atoms in total. The molecule has 3 rings (SSSR count). The average Bonchev–Trinajstić information content (AvgIpc) is 2.98. The number of rotatable bonds is 3. The molecule has 1 amide bonds. The first-order chi connectivity index (χ1) is 12.6. The zero-order chi connectivity index (χ0) is 19.8. The Morgan fingerprint density at radius 2 is 2.00 bits per heavy atom. The number of sulfone groups is 1. The molecule has 0 saturated carbocycles. The summed E-state index contributed by atoms with van der Waals surface area (Å²) in [6.45, 7) is 0. The van der Waals surface area contributed by atoms with Crippen LogP contribution in [0.4, 0.5) is 18.9 Å². The minimum Gasteiger partial charge on any atom is -0.406 e. The Hall–Kier alpha value is -2.26. The van der Waals surface area contributed by atoms with Crippen LogP contribution in [-0.4, -0.2) is 48.7 Å². The van der Waals surface area contributed by atoms with Crippen LogP contribution in [0, 0.1) is 11.3 Å². The van der Waals surface area contributed by atoms with E-state index in [2.05, 4.69) is 9.73 Å². The number of aliphatic imine (C=N–C) groups is 1. The Morgan fingerprint density at radius 1 is 1.33 bits per heavy atom. The van der Waals surface area contributed by atoms with Gasteiger partial charge in [-0.2, -0.15) is 10.3 Å². The number of nitrogens with zero attached hydrogens (tertiary/aromatic N) is 3. The molecule has 0 N–H and O–H groups in total. The highest BCUT2D eigenvalue weighted by molar-refractivity contribution is 8.16. The molecule has 1 aromatic rings. The summed E-state index contributed by atoms with van der Waals surface area (Å²) in [4.78, 5) is 17.1. The van der Waals surface area contributed by atoms with Gasteiger partial charge in [-0.1, -0.05) is 11.8 Å². The lowest BCUT2D eigenvalue weighted by molar-refractivity contribution is -0.274. The van der Waals surface area contributed by atoms with Gasteiger partial charge in [-0.3, -0.25) is 4.79 Å². The number of carbonyl (C=O) groups excluding carboxylic acids is 1. The quantitative estimate of drug-likeness (QED) is 0.740. The number of benzene rings is 1. The van der Waals surface area contributed by atoms with Crippen molar-refractivity contribution in [2.75, 3.05) is 16.4 Å². The highest BCUT2D eigenvalue weighted by Gasteiger charge is 2.49. The van der Waals surface area contributed by atoms with E-state index in [-0.39, 0.29) is 21.9 Å². The van der Waals surface area contributed by atoms with E-state index < -0.39 is 40.3 Å². The van der Waals surface area contributed by atoms with Gasteiger partial charge >= 0.3 is 6.36 Å². The smallest absolute Gasteiger partial charge is 0.406 e. The molecular formula is C15H12F3N3O4S2. The van der Waals surface area contributed by atoms with Crippen LogP contribution in [0.3, 0.4) is 0 Å². The van der Waals surface area contributed by atoms with Crippen molar-refractivity contribution in [3.8, 4) is 11.8 Å². The predicted molar refractivity (Wildman–Crippen MR) is 92.1 cm³/mol. The predicted octanol–water partition coefficient (Wildman–Crippen LogP) is 2.10. The number of carbonyl (C=O) groups is 1. The van der Waals surface area contributed by atoms with Gasteiger partial charge in [0, 0.05) is 10.9 Å². The number of anilines is 1. The summed E-state index contributed by atoms with van der Waals surface area (Å²) in [7, 11) is -3.27. The minimum absolute atomic E-state index is 0.0838. The second kappa shape index (κ2) is 7.05. The van der Waals surface area contributed by atoms with Crippen molar-refractivity contribution in [1.29, 1.82) is 5.26 Å². The summed E-state index contributed by atoms with van der Waals surface area (Å²) < 4.78 is 64.6. The number of alkyl halides is 3. The van der Waals surface area contributed by atoms with Crippen molar-refractivity contribution >= 4 is 38.4 Å². The van der Waals surface area contributed by atoms with Gasteiger partial charge < -0.3 is 9.64 Å². The fourth-order valence-electron chi connectivity index (χ4n) is 2.89. The number of halogens is 3. The van der Waals surface area contributed by atoms with Crippen molar-refractivity contribution in [3.05, 3.63) is 24.3 Å². The van der Waals surface area contributed by atoms with Gasteiger partial charge in [-0.25, -0.2) is 8.42 Å². The van der Waals surface area contributed by atoms with Crippen molar-refractivity contribution < 1.29 is 31.1 Å². The Labute approximate surface area is 156 Å². The van der Waals surface area contributed by atoms with Crippen LogP contribution in [0.5, 0.6) is 5.75 Å². The van der Waals surface area contributed by atoms with Crippen LogP contribution >= 0.6 is 11.8 Å². The molecule has 2 aliphatic rings. The maximum absolute atomic E-state index is 12.3. The maximum atomic E-state index is 12.3. The van der Waals surface area contributed by atoms with Crippen LogP contribution in [-0.2, 0) is 14.6 Å². The third-order valence-electron chi connectivity index (χ3n) is 3.87. The van der Waals surface area contributed by atoms with E-state index in [0.717, 1.165) is 23.9 Å². The van der Waals surface area contributed by atoms with E-state index in [1.54, 1.807) is 6.07 Å². The summed E-state index contributed by atoms with van der Waals surface area (Å²) in [6.07, 6.45) is -5.25. The lowest BCUT2D eigenvalue weighted by Gasteiger charge is -2.24. The van der Waals surface area contributed by atoms with Gasteiger partial charge in [-0.15, -0.1) is 13.2 Å². The van der Waals surface area contributed by atoms with Gasteiger partial charge in [0.25, 0.3) is 5.91 Å². The molecule has 0 radical (unpaired) electrons. The molecule has 2 fully saturated rings. The van der Waals surface area contributed by atoms with Gasteiger partial charge in [0.15, 0.2) is 15.0 Å². The highest BCUT2D eigenvalue weighted by atomic mass is 32.2. The average molecular weight is 419 g/mol. The van der Waals surface area contributed by atoms with Crippen LogP contribution < -0.4 is 9.64 Å². The Balaban J connectivity index is 1.92. The first-order valence-corrected chi connectivity index (χ1v) is 10.3. The monoisotopic (exact) mass is 419 g/mol. The number of hydrogen-bond acceptors (Lipinski definition) is 6. The Morgan fingerprint density at radius 3 is 2.59 bits per heavy atom. The highest BCUT2D eigenvalue weighted by Crippen LogP contribution is 2.41. The Kier molecular flexibility index (Phi) is 5.09. The third kappa shape index (κ3) is 4.54. The van der Waals surface area contributed by atoms with Gasteiger partial charge in [0.1, 0.15) is 12.2 Å². The number of fused-ring (bicyclic) bond motifs is 1. The van der Waals surface area contributed by atoms with Crippen LogP contribution in [0.25, 0.3) is 0 Å². The van der Waals surface area contributed by atoms with Gasteiger partial charge in [-0.05, 0) is 24.3 Å². The Bertz CT molecular complexity index is 923. The zero-order valence-electron chi connectivity index (χ0n) is 13.5. The summed E-state index contributed by atoms with van der Waals surface area (Å²) in [5, 5.41) is 8.48. The van der Waals surface area contributed by atoms with Crippen LogP contribution in [0.1, 0.15) is 6.42 Å². The van der Waals surface area contributed by atoms with E-state index in [1.165, 1.54) is 17.0 Å². The number of thioether (sulfide) groups is 1. The lowest BCUT2D eigenvalue weighted by Crippen LogP contribution is -2.37. The molecule has 2 saturated heterocycles. The summed E-state index contributed by atoms with van der Waals surface area (Å²) in [6, 6.07) is 6.05. The number of nitriles is 1. The normalized spacial score (nSPS) is 25.3. The van der Waals surface area contributed by atoms with Crippen molar-refractivity contribution in [2.45, 2.75) is 24.1 Å². The van der Waals surface area contributed by atoms with Crippen molar-refractivity contribution in [1.82, 2.24) is 0 Å². The molecule has 0 unspecified atom stereocenters. The minimum atomic E-state index is -4.83. The fourth-order valence-corrected chi connectivity index (χ4v) is 6.82. The molecule has 1 aromatic carbocycles. The molecular weight excluding hydrogens is 407 g/mol. The molecule has 144 valence electrons. The molecule has 0 spiro atoms. The second-order valence-corrected chi connectivity index (χ2v) is 9.20. The lowest BCUT2D eigenvalue weighted by atomic mass is 10.2. The summed E-state index contributed by atoms with van der Waals surface area (Å²) >= 11 is 1.11. The number of amides is 1. The molecule has 0 aliphatic carbocycles. The molecule has 0 aromatic heterocycles. The van der Waals surface area contributed by atoms with E-state index in [0.29, 0.717) is 5.69 Å². The molecule has 27 heavy (non-hydrogen) atoms. The molecule has 2 heterocycles. The standard InChI is InChI=1S/C15H12F3N3O4S2/c16-15(17,18)25-10-3-1-9(2-4-10)21-11-7-27(23,24)8-12(11)26-14(21)20-13(22)5-6-19/h1-4,11-12H,5,7-8H2/t11-,12+/m0/s1. The second-order valence-electron chi connectivity index (χ2n) is 5.84. The van der Waals surface area contributed by atoms with E-state index >= 15 is 0 Å². The topological polar surface area (TPSA) is 99.8 Å². The number of ether oxygens (including phenoxy) is 1. The van der Waals surface area contributed by atoms with Crippen LogP contribution in [0.15, 0.2) is 29.3 Å². The summed E-state index contributed by atoms with van der Waals surface area (Å²) in [5.74, 6) is -1.34. The molecule has 2 atom stereocenters. The molecule has 2 aliphatic heterocycles. The number of amidine groups is 1.